The summed E-state index contributed by atoms with van der Waals surface area (Å²) in [6, 6.07) is 19.1. The number of nitrogens with one attached hydrogen (secondary N) is 3. The van der Waals surface area contributed by atoms with Gasteiger partial charge in [0.2, 0.25) is 5.95 Å². The van der Waals surface area contributed by atoms with Crippen LogP contribution in [0.15, 0.2) is 60.8 Å². The number of aromatic nitrogens is 5. The summed E-state index contributed by atoms with van der Waals surface area (Å²) in [6.45, 7) is 4.14. The molecule has 2 aliphatic heterocycles. The molecule has 0 radical (unpaired) electrons. The highest BCUT2D eigenvalue weighted by Crippen LogP contribution is 2.24. The number of carbonyl (C=O) groups excluding carboxylic acids is 2. The summed E-state index contributed by atoms with van der Waals surface area (Å²) < 4.78 is 6.86. The van der Waals surface area contributed by atoms with Gasteiger partial charge in [-0.05, 0) is 55.7 Å². The first-order chi connectivity index (χ1) is 22.0. The standard InChI is InChI=1S/C22H24N8O2.C10H10N2O/c23-14-18-15-24-20-19(26-22(27-30(18)20)29-8-2-1-3-9-29)25-17-6-4-16(5-7-17)21(31)28-10-12-32-13-11-28;1-11-10(13)9-6-7-4-2-3-5-8(7)12-9/h4-7,15H,1-3,8-13H2,(H,25,26,27);2-6,12H,1H3,(H,11,13). The van der Waals surface area contributed by atoms with Gasteiger partial charge in [0, 0.05) is 55.4 Å². The molecular formula is C32H34N10O3. The highest BCUT2D eigenvalue weighted by Gasteiger charge is 2.20. The number of hydrogen-bond acceptors (Lipinski definition) is 9. The van der Waals surface area contributed by atoms with Crippen molar-refractivity contribution >= 4 is 45.8 Å². The summed E-state index contributed by atoms with van der Waals surface area (Å²) in [5, 5.41) is 20.9. The lowest BCUT2D eigenvalue weighted by Gasteiger charge is -2.27. The Bertz CT molecular complexity index is 1810. The summed E-state index contributed by atoms with van der Waals surface area (Å²) in [7, 11) is 1.62. The molecule has 13 nitrogen and oxygen atoms in total. The van der Waals surface area contributed by atoms with E-state index in [0.717, 1.165) is 42.5 Å². The number of aromatic amines is 1. The van der Waals surface area contributed by atoms with E-state index in [2.05, 4.69) is 36.7 Å². The molecule has 0 atom stereocenters. The average molecular weight is 607 g/mol. The molecule has 0 bridgehead atoms. The summed E-state index contributed by atoms with van der Waals surface area (Å²) in [4.78, 5) is 40.0. The maximum atomic E-state index is 12.7. The number of nitrogens with zero attached hydrogens (tertiary/aromatic N) is 7. The predicted octanol–water partition coefficient (Wildman–Crippen LogP) is 3.73. The molecule has 0 saturated carbocycles. The Kier molecular flexibility index (Phi) is 8.84. The van der Waals surface area contributed by atoms with Crippen molar-refractivity contribution < 1.29 is 14.3 Å². The fraction of sp³-hybridized carbons (Fsp3) is 0.312. The van der Waals surface area contributed by atoms with Crippen LogP contribution in [0.25, 0.3) is 16.6 Å². The van der Waals surface area contributed by atoms with Crippen molar-refractivity contribution in [1.82, 2.24) is 34.8 Å². The Hall–Kier alpha value is -5.48. The fourth-order valence-electron chi connectivity index (χ4n) is 5.37. The van der Waals surface area contributed by atoms with Crippen molar-refractivity contribution in [3.8, 4) is 6.07 Å². The van der Waals surface area contributed by atoms with Gasteiger partial charge in [0.05, 0.1) is 19.4 Å². The lowest BCUT2D eigenvalue weighted by molar-refractivity contribution is 0.0303. The number of amides is 2. The van der Waals surface area contributed by atoms with Crippen molar-refractivity contribution in [2.75, 3.05) is 56.7 Å². The SMILES string of the molecule is CNC(=O)c1cc2ccccc2[nH]1.N#Cc1cnc2c(Nc3ccc(C(=O)N4CCOCC4)cc3)nc(N3CCCCC3)nn12. The Balaban J connectivity index is 0.000000229. The molecule has 2 fully saturated rings. The van der Waals surface area contributed by atoms with Crippen LogP contribution < -0.4 is 15.5 Å². The highest BCUT2D eigenvalue weighted by molar-refractivity contribution is 5.97. The number of anilines is 3. The van der Waals surface area contributed by atoms with Gasteiger partial charge in [0.15, 0.2) is 17.2 Å². The van der Waals surface area contributed by atoms with E-state index in [-0.39, 0.29) is 11.8 Å². The number of hydrogen-bond donors (Lipinski definition) is 3. The zero-order valence-electron chi connectivity index (χ0n) is 25.0. The van der Waals surface area contributed by atoms with Gasteiger partial charge in [-0.3, -0.25) is 9.59 Å². The van der Waals surface area contributed by atoms with Gasteiger partial charge in [0.1, 0.15) is 11.8 Å². The molecule has 0 aliphatic carbocycles. The van der Waals surface area contributed by atoms with Crippen molar-refractivity contribution in [2.24, 2.45) is 0 Å². The first-order valence-corrected chi connectivity index (χ1v) is 15.0. The number of nitriles is 1. The first kappa shape index (κ1) is 29.6. The number of piperidine rings is 1. The molecule has 2 amide bonds. The molecule has 0 spiro atoms. The molecule has 2 saturated heterocycles. The number of carbonyl (C=O) groups is 2. The average Bonchev–Trinajstić information content (AvgIpc) is 3.74. The number of morpholine rings is 1. The van der Waals surface area contributed by atoms with Crippen LogP contribution in [0.2, 0.25) is 0 Å². The van der Waals surface area contributed by atoms with Gasteiger partial charge in [-0.2, -0.15) is 14.8 Å². The van der Waals surface area contributed by atoms with Crippen LogP contribution in [0.3, 0.4) is 0 Å². The van der Waals surface area contributed by atoms with Gasteiger partial charge >= 0.3 is 0 Å². The van der Waals surface area contributed by atoms with Gasteiger partial charge in [-0.1, -0.05) is 18.2 Å². The monoisotopic (exact) mass is 606 g/mol. The predicted molar refractivity (Wildman–Crippen MR) is 170 cm³/mol. The molecule has 0 unspecified atom stereocenters. The minimum absolute atomic E-state index is 0.00331. The van der Waals surface area contributed by atoms with E-state index in [1.54, 1.807) is 24.1 Å². The lowest BCUT2D eigenvalue weighted by atomic mass is 10.1. The number of benzene rings is 2. The molecule has 5 heterocycles. The number of ether oxygens (including phenoxy) is 1. The quantitative estimate of drug-likeness (QED) is 0.271. The molecule has 5 aromatic rings. The number of imidazole rings is 1. The van der Waals surface area contributed by atoms with Gasteiger partial charge in [-0.15, -0.1) is 5.10 Å². The second-order valence-electron chi connectivity index (χ2n) is 10.8. The third kappa shape index (κ3) is 6.56. The Labute approximate surface area is 259 Å². The normalized spacial score (nSPS) is 14.8. The van der Waals surface area contributed by atoms with Gasteiger partial charge < -0.3 is 30.2 Å². The molecule has 3 aromatic heterocycles. The molecule has 13 heteroatoms. The number of rotatable bonds is 5. The molecule has 45 heavy (non-hydrogen) atoms. The van der Waals surface area contributed by atoms with E-state index in [1.165, 1.54) is 17.1 Å². The van der Waals surface area contributed by atoms with Crippen molar-refractivity contribution in [3.05, 3.63) is 77.7 Å². The summed E-state index contributed by atoms with van der Waals surface area (Å²) in [5.41, 5.74) is 3.83. The van der Waals surface area contributed by atoms with E-state index < -0.39 is 0 Å². The molecule has 2 aromatic carbocycles. The second kappa shape index (κ2) is 13.4. The minimum atomic E-state index is -0.0869. The van der Waals surface area contributed by atoms with Crippen LogP contribution in [0.4, 0.5) is 17.5 Å². The molecule has 230 valence electrons. The summed E-state index contributed by atoms with van der Waals surface area (Å²) in [5.74, 6) is 1.02. The first-order valence-electron chi connectivity index (χ1n) is 15.0. The van der Waals surface area contributed by atoms with Crippen molar-refractivity contribution in [1.29, 1.82) is 5.26 Å². The number of fused-ring (bicyclic) bond motifs is 2. The second-order valence-corrected chi connectivity index (χ2v) is 10.8. The van der Waals surface area contributed by atoms with E-state index >= 15 is 0 Å². The third-order valence-corrected chi connectivity index (χ3v) is 7.80. The molecular weight excluding hydrogens is 572 g/mol. The largest absolute Gasteiger partial charge is 0.378 e. The van der Waals surface area contributed by atoms with Crippen molar-refractivity contribution in [2.45, 2.75) is 19.3 Å². The van der Waals surface area contributed by atoms with Gasteiger partial charge in [-0.25, -0.2) is 4.98 Å². The Morgan fingerprint density at radius 1 is 1.00 bits per heavy atom. The van der Waals surface area contributed by atoms with Crippen LogP contribution in [-0.2, 0) is 4.74 Å². The highest BCUT2D eigenvalue weighted by atomic mass is 16.5. The van der Waals surface area contributed by atoms with E-state index in [0.29, 0.717) is 60.7 Å². The summed E-state index contributed by atoms with van der Waals surface area (Å²) >= 11 is 0. The lowest BCUT2D eigenvalue weighted by Crippen LogP contribution is -2.40. The maximum absolute atomic E-state index is 12.7. The van der Waals surface area contributed by atoms with Gasteiger partial charge in [0.25, 0.3) is 11.8 Å². The topological polar surface area (TPSA) is 157 Å². The maximum Gasteiger partial charge on any atom is 0.267 e. The zero-order chi connectivity index (χ0) is 31.2. The van der Waals surface area contributed by atoms with Crippen molar-refractivity contribution in [3.63, 3.8) is 0 Å². The number of H-pyrrole nitrogens is 1. The Morgan fingerprint density at radius 3 is 2.47 bits per heavy atom. The van der Waals surface area contributed by atoms with E-state index in [9.17, 15) is 14.9 Å². The molecule has 3 N–H and O–H groups in total. The number of para-hydroxylation sites is 1. The molecule has 7 rings (SSSR count). The van der Waals surface area contributed by atoms with Crippen LogP contribution in [0, 0.1) is 11.3 Å². The van der Waals surface area contributed by atoms with Crippen LogP contribution in [-0.4, -0.2) is 87.7 Å². The Morgan fingerprint density at radius 2 is 1.76 bits per heavy atom. The minimum Gasteiger partial charge on any atom is -0.378 e. The fourth-order valence-corrected chi connectivity index (χ4v) is 5.37. The van der Waals surface area contributed by atoms with E-state index in [1.807, 2.05) is 42.5 Å². The molecule has 2 aliphatic rings. The third-order valence-electron chi connectivity index (χ3n) is 7.80. The van der Waals surface area contributed by atoms with E-state index in [4.69, 9.17) is 9.72 Å². The van der Waals surface area contributed by atoms with Crippen LogP contribution >= 0.6 is 0 Å². The van der Waals surface area contributed by atoms with Crippen LogP contribution in [0.5, 0.6) is 0 Å². The van der Waals surface area contributed by atoms with Crippen LogP contribution in [0.1, 0.15) is 45.8 Å². The smallest absolute Gasteiger partial charge is 0.267 e. The summed E-state index contributed by atoms with van der Waals surface area (Å²) in [6.07, 6.45) is 4.89. The zero-order valence-corrected chi connectivity index (χ0v) is 25.0.